The Morgan fingerprint density at radius 1 is 1.50 bits per heavy atom. The summed E-state index contributed by atoms with van der Waals surface area (Å²) < 4.78 is 0. The summed E-state index contributed by atoms with van der Waals surface area (Å²) in [5, 5.41) is 12.1. The van der Waals surface area contributed by atoms with Gasteiger partial charge in [-0.1, -0.05) is 13.3 Å². The highest BCUT2D eigenvalue weighted by Crippen LogP contribution is 2.27. The van der Waals surface area contributed by atoms with E-state index in [1.807, 2.05) is 0 Å². The van der Waals surface area contributed by atoms with Crippen LogP contribution in [-0.2, 0) is 0 Å². The Morgan fingerprint density at radius 2 is 2.31 bits per heavy atom. The third kappa shape index (κ3) is 2.32. The van der Waals surface area contributed by atoms with Gasteiger partial charge < -0.3 is 10.4 Å². The number of rotatable bonds is 3. The van der Waals surface area contributed by atoms with Crippen LogP contribution in [0.3, 0.4) is 0 Å². The Kier molecular flexibility index (Phi) is 3.08. The number of aromatic nitrogens is 1. The zero-order chi connectivity index (χ0) is 11.5. The van der Waals surface area contributed by atoms with E-state index in [9.17, 15) is 4.79 Å². The van der Waals surface area contributed by atoms with E-state index < -0.39 is 5.97 Å². The normalized spacial score (nSPS) is 24.3. The number of aromatic carboxylic acids is 1. The van der Waals surface area contributed by atoms with E-state index in [2.05, 4.69) is 17.2 Å². The SMILES string of the molecule is CC1CCCC1Nc1ccc(C(=O)O)nc1. The molecule has 1 aromatic rings. The molecule has 0 spiro atoms. The molecule has 0 aromatic carbocycles. The second-order valence-electron chi connectivity index (χ2n) is 4.40. The fraction of sp³-hybridized carbons (Fsp3) is 0.500. The van der Waals surface area contributed by atoms with Crippen LogP contribution in [0.25, 0.3) is 0 Å². The lowest BCUT2D eigenvalue weighted by Crippen LogP contribution is -2.21. The van der Waals surface area contributed by atoms with Crippen LogP contribution in [0.5, 0.6) is 0 Å². The van der Waals surface area contributed by atoms with Gasteiger partial charge >= 0.3 is 5.97 Å². The summed E-state index contributed by atoms with van der Waals surface area (Å²) in [5.74, 6) is -0.306. The van der Waals surface area contributed by atoms with Crippen molar-refractivity contribution in [3.63, 3.8) is 0 Å². The summed E-state index contributed by atoms with van der Waals surface area (Å²) >= 11 is 0. The molecule has 0 bridgehead atoms. The van der Waals surface area contributed by atoms with Crippen LogP contribution in [0.2, 0.25) is 0 Å². The standard InChI is InChI=1S/C12H16N2O2/c1-8-3-2-4-10(8)14-9-5-6-11(12(15)16)13-7-9/h5-8,10,14H,2-4H2,1H3,(H,15,16). The van der Waals surface area contributed by atoms with Gasteiger partial charge in [-0.15, -0.1) is 0 Å². The molecule has 4 heteroatoms. The van der Waals surface area contributed by atoms with Gasteiger partial charge in [-0.05, 0) is 30.9 Å². The van der Waals surface area contributed by atoms with Crippen LogP contribution in [0.4, 0.5) is 5.69 Å². The maximum Gasteiger partial charge on any atom is 0.354 e. The van der Waals surface area contributed by atoms with Gasteiger partial charge in [0.05, 0.1) is 11.9 Å². The van der Waals surface area contributed by atoms with E-state index in [0.717, 1.165) is 5.69 Å². The Morgan fingerprint density at radius 3 is 2.81 bits per heavy atom. The highest BCUT2D eigenvalue weighted by molar-refractivity contribution is 5.85. The Balaban J connectivity index is 2.02. The van der Waals surface area contributed by atoms with Gasteiger partial charge in [0.2, 0.25) is 0 Å². The first-order valence-corrected chi connectivity index (χ1v) is 5.62. The van der Waals surface area contributed by atoms with Crippen LogP contribution < -0.4 is 5.32 Å². The minimum absolute atomic E-state index is 0.0880. The summed E-state index contributed by atoms with van der Waals surface area (Å²) in [7, 11) is 0. The fourth-order valence-corrected chi connectivity index (χ4v) is 2.18. The molecule has 2 unspecified atom stereocenters. The highest BCUT2D eigenvalue weighted by Gasteiger charge is 2.22. The smallest absolute Gasteiger partial charge is 0.354 e. The van der Waals surface area contributed by atoms with Crippen molar-refractivity contribution < 1.29 is 9.90 Å². The fourth-order valence-electron chi connectivity index (χ4n) is 2.18. The molecule has 1 heterocycles. The zero-order valence-corrected chi connectivity index (χ0v) is 9.31. The number of carbonyl (C=O) groups is 1. The van der Waals surface area contributed by atoms with Crippen LogP contribution in [-0.4, -0.2) is 22.1 Å². The molecule has 2 N–H and O–H groups in total. The number of hydrogen-bond donors (Lipinski definition) is 2. The topological polar surface area (TPSA) is 62.2 Å². The van der Waals surface area contributed by atoms with Crippen molar-refractivity contribution in [1.29, 1.82) is 0 Å². The van der Waals surface area contributed by atoms with Crippen molar-refractivity contribution in [1.82, 2.24) is 4.98 Å². The average Bonchev–Trinajstić information content (AvgIpc) is 2.65. The number of nitrogens with zero attached hydrogens (tertiary/aromatic N) is 1. The van der Waals surface area contributed by atoms with Crippen molar-refractivity contribution in [2.24, 2.45) is 5.92 Å². The zero-order valence-electron chi connectivity index (χ0n) is 9.31. The molecule has 0 radical (unpaired) electrons. The number of carboxylic acids is 1. The summed E-state index contributed by atoms with van der Waals surface area (Å²) in [6, 6.07) is 3.81. The minimum atomic E-state index is -0.985. The first-order valence-electron chi connectivity index (χ1n) is 5.62. The Labute approximate surface area is 94.7 Å². The van der Waals surface area contributed by atoms with E-state index in [1.54, 1.807) is 12.3 Å². The third-order valence-corrected chi connectivity index (χ3v) is 3.20. The van der Waals surface area contributed by atoms with E-state index >= 15 is 0 Å². The van der Waals surface area contributed by atoms with Gasteiger partial charge in [-0.3, -0.25) is 0 Å². The summed E-state index contributed by atoms with van der Waals surface area (Å²) in [5.41, 5.74) is 0.994. The maximum atomic E-state index is 10.6. The molecule has 4 nitrogen and oxygen atoms in total. The van der Waals surface area contributed by atoms with Crippen molar-refractivity contribution in [2.75, 3.05) is 5.32 Å². The third-order valence-electron chi connectivity index (χ3n) is 3.20. The van der Waals surface area contributed by atoms with Gasteiger partial charge in [0.1, 0.15) is 5.69 Å². The lowest BCUT2D eigenvalue weighted by Gasteiger charge is -2.18. The molecule has 16 heavy (non-hydrogen) atoms. The van der Waals surface area contributed by atoms with Gasteiger partial charge in [-0.25, -0.2) is 9.78 Å². The molecule has 0 saturated heterocycles. The second kappa shape index (κ2) is 4.51. The predicted octanol–water partition coefficient (Wildman–Crippen LogP) is 2.38. The number of carboxylic acid groups (broad SMARTS) is 1. The van der Waals surface area contributed by atoms with E-state index in [1.165, 1.54) is 25.3 Å². The summed E-state index contributed by atoms with van der Waals surface area (Å²) in [6.07, 6.45) is 5.30. The van der Waals surface area contributed by atoms with Crippen molar-refractivity contribution in [3.05, 3.63) is 24.0 Å². The molecule has 2 rings (SSSR count). The van der Waals surface area contributed by atoms with Gasteiger partial charge in [0.25, 0.3) is 0 Å². The number of hydrogen-bond acceptors (Lipinski definition) is 3. The van der Waals surface area contributed by atoms with Crippen LogP contribution >= 0.6 is 0 Å². The molecular weight excluding hydrogens is 204 g/mol. The molecule has 1 saturated carbocycles. The minimum Gasteiger partial charge on any atom is -0.477 e. The van der Waals surface area contributed by atoms with Crippen molar-refractivity contribution in [3.8, 4) is 0 Å². The summed E-state index contributed by atoms with van der Waals surface area (Å²) in [6.45, 7) is 2.24. The molecule has 1 aliphatic carbocycles. The van der Waals surface area contributed by atoms with Crippen molar-refractivity contribution in [2.45, 2.75) is 32.2 Å². The molecule has 1 aliphatic rings. The number of pyridine rings is 1. The molecule has 2 atom stereocenters. The van der Waals surface area contributed by atoms with E-state index in [-0.39, 0.29) is 5.69 Å². The molecule has 0 amide bonds. The van der Waals surface area contributed by atoms with E-state index in [0.29, 0.717) is 12.0 Å². The Hall–Kier alpha value is -1.58. The molecule has 1 fully saturated rings. The van der Waals surface area contributed by atoms with E-state index in [4.69, 9.17) is 5.11 Å². The number of nitrogens with one attached hydrogen (secondary N) is 1. The largest absolute Gasteiger partial charge is 0.477 e. The average molecular weight is 220 g/mol. The lowest BCUT2D eigenvalue weighted by molar-refractivity contribution is 0.0690. The molecule has 86 valence electrons. The van der Waals surface area contributed by atoms with Crippen molar-refractivity contribution >= 4 is 11.7 Å². The number of anilines is 1. The van der Waals surface area contributed by atoms with Gasteiger partial charge in [0, 0.05) is 6.04 Å². The first-order chi connectivity index (χ1) is 7.66. The van der Waals surface area contributed by atoms with Crippen LogP contribution in [0, 0.1) is 5.92 Å². The lowest BCUT2D eigenvalue weighted by atomic mass is 10.1. The molecule has 1 aromatic heterocycles. The quantitative estimate of drug-likeness (QED) is 0.821. The monoisotopic (exact) mass is 220 g/mol. The maximum absolute atomic E-state index is 10.6. The Bertz CT molecular complexity index is 375. The van der Waals surface area contributed by atoms with Gasteiger partial charge in [0.15, 0.2) is 0 Å². The highest BCUT2D eigenvalue weighted by atomic mass is 16.4. The van der Waals surface area contributed by atoms with Gasteiger partial charge in [-0.2, -0.15) is 0 Å². The van der Waals surface area contributed by atoms with Crippen LogP contribution in [0.15, 0.2) is 18.3 Å². The van der Waals surface area contributed by atoms with Crippen LogP contribution in [0.1, 0.15) is 36.7 Å². The summed E-state index contributed by atoms with van der Waals surface area (Å²) in [4.78, 5) is 14.5. The second-order valence-corrected chi connectivity index (χ2v) is 4.40. The first kappa shape index (κ1) is 10.9. The molecule has 0 aliphatic heterocycles. The molecular formula is C12H16N2O2. The predicted molar refractivity (Wildman–Crippen MR) is 61.6 cm³/mol.